The van der Waals surface area contributed by atoms with Crippen LogP contribution in [0.3, 0.4) is 0 Å². The van der Waals surface area contributed by atoms with Gasteiger partial charge in [0.05, 0.1) is 0 Å². The van der Waals surface area contributed by atoms with Crippen LogP contribution in [0.1, 0.15) is 13.8 Å². The van der Waals surface area contributed by atoms with Crippen molar-refractivity contribution >= 4 is 5.82 Å². The predicted molar refractivity (Wildman–Crippen MR) is 56.5 cm³/mol. The van der Waals surface area contributed by atoms with E-state index in [-0.39, 0.29) is 0 Å². The van der Waals surface area contributed by atoms with Crippen molar-refractivity contribution in [1.82, 2.24) is 10.2 Å². The van der Waals surface area contributed by atoms with Gasteiger partial charge in [-0.1, -0.05) is 12.7 Å². The second kappa shape index (κ2) is 5.21. The number of hydrogen-bond acceptors (Lipinski definition) is 4. The van der Waals surface area contributed by atoms with Gasteiger partial charge >= 0.3 is 0 Å². The molecule has 0 aliphatic carbocycles. The van der Waals surface area contributed by atoms with E-state index in [0.717, 1.165) is 5.82 Å². The van der Waals surface area contributed by atoms with E-state index in [0.29, 0.717) is 18.5 Å². The molecule has 1 N–H and O–H groups in total. The van der Waals surface area contributed by atoms with E-state index in [2.05, 4.69) is 22.1 Å². The van der Waals surface area contributed by atoms with Crippen LogP contribution in [0, 0.1) is 0 Å². The molecule has 0 saturated carbocycles. The third-order valence-electron chi connectivity index (χ3n) is 1.43. The Morgan fingerprint density at radius 2 is 2.29 bits per heavy atom. The molecule has 0 fully saturated rings. The first-order valence-electron chi connectivity index (χ1n) is 4.56. The Morgan fingerprint density at radius 1 is 1.50 bits per heavy atom. The van der Waals surface area contributed by atoms with Crippen molar-refractivity contribution < 1.29 is 4.74 Å². The largest absolute Gasteiger partial charge is 0.472 e. The van der Waals surface area contributed by atoms with Crippen LogP contribution in [-0.2, 0) is 0 Å². The summed E-state index contributed by atoms with van der Waals surface area (Å²) in [5.41, 5.74) is 0. The molecule has 4 heteroatoms. The van der Waals surface area contributed by atoms with Gasteiger partial charge in [-0.3, -0.25) is 0 Å². The van der Waals surface area contributed by atoms with E-state index in [9.17, 15) is 0 Å². The average molecular weight is 193 g/mol. The van der Waals surface area contributed by atoms with E-state index >= 15 is 0 Å². The van der Waals surface area contributed by atoms with Crippen molar-refractivity contribution in [1.29, 1.82) is 0 Å². The molecule has 1 heterocycles. The van der Waals surface area contributed by atoms with Gasteiger partial charge in [-0.2, -0.15) is 0 Å². The fourth-order valence-corrected chi connectivity index (χ4v) is 0.914. The standard InChI is InChI=1S/C10H15N3O/c1-4-7-14-10-6-5-9(12-13-10)11-8(2)3/h4-6,8H,1,7H2,2-3H3,(H,11,12). The fourth-order valence-electron chi connectivity index (χ4n) is 0.914. The quantitative estimate of drug-likeness (QED) is 0.725. The smallest absolute Gasteiger partial charge is 0.233 e. The van der Waals surface area contributed by atoms with E-state index in [1.165, 1.54) is 0 Å². The van der Waals surface area contributed by atoms with Crippen molar-refractivity contribution in [2.24, 2.45) is 0 Å². The molecule has 14 heavy (non-hydrogen) atoms. The van der Waals surface area contributed by atoms with Crippen LogP contribution in [0.2, 0.25) is 0 Å². The Hall–Kier alpha value is -1.58. The van der Waals surface area contributed by atoms with Crippen LogP contribution >= 0.6 is 0 Å². The molecule has 1 aromatic heterocycles. The molecule has 4 nitrogen and oxygen atoms in total. The zero-order valence-electron chi connectivity index (χ0n) is 8.53. The number of nitrogens with one attached hydrogen (secondary N) is 1. The maximum Gasteiger partial charge on any atom is 0.233 e. The number of rotatable bonds is 5. The lowest BCUT2D eigenvalue weighted by Gasteiger charge is -2.08. The molecule has 1 aromatic rings. The molecule has 0 bridgehead atoms. The van der Waals surface area contributed by atoms with Gasteiger partial charge in [-0.15, -0.1) is 10.2 Å². The lowest BCUT2D eigenvalue weighted by molar-refractivity contribution is 0.344. The molecule has 0 radical (unpaired) electrons. The first-order valence-corrected chi connectivity index (χ1v) is 4.56. The molecule has 0 aliphatic rings. The summed E-state index contributed by atoms with van der Waals surface area (Å²) in [7, 11) is 0. The molecule has 0 aromatic carbocycles. The summed E-state index contributed by atoms with van der Waals surface area (Å²) in [6, 6.07) is 3.97. The molecule has 0 unspecified atom stereocenters. The molecular weight excluding hydrogens is 178 g/mol. The minimum atomic E-state index is 0.351. The maximum atomic E-state index is 5.20. The van der Waals surface area contributed by atoms with E-state index in [1.807, 2.05) is 19.9 Å². The molecule has 0 saturated heterocycles. The Bertz CT molecular complexity index is 282. The van der Waals surface area contributed by atoms with Gasteiger partial charge in [0.15, 0.2) is 0 Å². The van der Waals surface area contributed by atoms with E-state index in [4.69, 9.17) is 4.74 Å². The van der Waals surface area contributed by atoms with Gasteiger partial charge in [-0.25, -0.2) is 0 Å². The van der Waals surface area contributed by atoms with Crippen molar-refractivity contribution in [3.63, 3.8) is 0 Å². The Balaban J connectivity index is 2.54. The van der Waals surface area contributed by atoms with Crippen molar-refractivity contribution in [3.05, 3.63) is 24.8 Å². The van der Waals surface area contributed by atoms with Gasteiger partial charge in [-0.05, 0) is 19.9 Å². The molecule has 0 amide bonds. The normalized spacial score (nSPS) is 9.93. The lowest BCUT2D eigenvalue weighted by atomic mass is 10.4. The first-order chi connectivity index (χ1) is 6.72. The molecular formula is C10H15N3O. The SMILES string of the molecule is C=CCOc1ccc(NC(C)C)nn1. The number of nitrogens with zero attached hydrogens (tertiary/aromatic N) is 2. The van der Waals surface area contributed by atoms with Crippen LogP contribution in [-0.4, -0.2) is 22.8 Å². The second-order valence-electron chi connectivity index (χ2n) is 3.16. The van der Waals surface area contributed by atoms with Crippen molar-refractivity contribution in [2.45, 2.75) is 19.9 Å². The molecule has 0 spiro atoms. The molecule has 0 atom stereocenters. The molecule has 0 aliphatic heterocycles. The highest BCUT2D eigenvalue weighted by Crippen LogP contribution is 2.08. The maximum absolute atomic E-state index is 5.20. The zero-order chi connectivity index (χ0) is 10.4. The van der Waals surface area contributed by atoms with Gasteiger partial charge < -0.3 is 10.1 Å². The Kier molecular flexibility index (Phi) is 3.91. The number of anilines is 1. The van der Waals surface area contributed by atoms with Crippen molar-refractivity contribution in [2.75, 3.05) is 11.9 Å². The highest BCUT2D eigenvalue weighted by Gasteiger charge is 1.98. The minimum Gasteiger partial charge on any atom is -0.472 e. The van der Waals surface area contributed by atoms with Gasteiger partial charge in [0.2, 0.25) is 5.88 Å². The van der Waals surface area contributed by atoms with Crippen LogP contribution < -0.4 is 10.1 Å². The average Bonchev–Trinajstić information content (AvgIpc) is 2.16. The lowest BCUT2D eigenvalue weighted by Crippen LogP contribution is -2.11. The summed E-state index contributed by atoms with van der Waals surface area (Å²) < 4.78 is 5.20. The number of aromatic nitrogens is 2. The zero-order valence-corrected chi connectivity index (χ0v) is 8.53. The monoisotopic (exact) mass is 193 g/mol. The summed E-state index contributed by atoms with van der Waals surface area (Å²) in [5.74, 6) is 1.27. The predicted octanol–water partition coefficient (Wildman–Crippen LogP) is 1.86. The first kappa shape index (κ1) is 10.5. The summed E-state index contributed by atoms with van der Waals surface area (Å²) in [6.07, 6.45) is 1.67. The Morgan fingerprint density at radius 3 is 2.79 bits per heavy atom. The number of hydrogen-bond donors (Lipinski definition) is 1. The summed E-state index contributed by atoms with van der Waals surface area (Å²) in [4.78, 5) is 0. The van der Waals surface area contributed by atoms with Crippen LogP contribution in [0.25, 0.3) is 0 Å². The third-order valence-corrected chi connectivity index (χ3v) is 1.43. The summed E-state index contributed by atoms with van der Waals surface area (Å²) in [5, 5.41) is 11.0. The second-order valence-corrected chi connectivity index (χ2v) is 3.16. The van der Waals surface area contributed by atoms with Crippen molar-refractivity contribution in [3.8, 4) is 5.88 Å². The number of ether oxygens (including phenoxy) is 1. The van der Waals surface area contributed by atoms with Gasteiger partial charge in [0, 0.05) is 12.1 Å². The summed E-state index contributed by atoms with van der Waals surface area (Å²) >= 11 is 0. The highest BCUT2D eigenvalue weighted by atomic mass is 16.5. The fraction of sp³-hybridized carbons (Fsp3) is 0.400. The minimum absolute atomic E-state index is 0.351. The molecule has 1 rings (SSSR count). The van der Waals surface area contributed by atoms with E-state index in [1.54, 1.807) is 12.1 Å². The third kappa shape index (κ3) is 3.43. The van der Waals surface area contributed by atoms with Crippen LogP contribution in [0.5, 0.6) is 5.88 Å². The highest BCUT2D eigenvalue weighted by molar-refractivity contribution is 5.34. The topological polar surface area (TPSA) is 47.0 Å². The Labute approximate surface area is 84.0 Å². The summed E-state index contributed by atoms with van der Waals surface area (Å²) in [6.45, 7) is 8.09. The van der Waals surface area contributed by atoms with E-state index < -0.39 is 0 Å². The molecule has 76 valence electrons. The van der Waals surface area contributed by atoms with Gasteiger partial charge in [0.25, 0.3) is 0 Å². The van der Waals surface area contributed by atoms with Crippen LogP contribution in [0.4, 0.5) is 5.82 Å². The van der Waals surface area contributed by atoms with Gasteiger partial charge in [0.1, 0.15) is 12.4 Å². The van der Waals surface area contributed by atoms with Crippen LogP contribution in [0.15, 0.2) is 24.8 Å².